The van der Waals surface area contributed by atoms with Gasteiger partial charge in [-0.25, -0.2) is 20.0 Å². The molecule has 0 atom stereocenters. The number of nitrogens with zero attached hydrogens (tertiary/aromatic N) is 10. The molecule has 4 aromatic heterocycles. The number of hydrogen-bond acceptors (Lipinski definition) is 16. The van der Waals surface area contributed by atoms with E-state index in [0.29, 0.717) is 56.9 Å². The van der Waals surface area contributed by atoms with E-state index in [1.54, 1.807) is 12.4 Å². The fraction of sp³-hybridized carbons (Fsp3) is 0.176. The molecule has 4 heterocycles. The Labute approximate surface area is 314 Å². The molecule has 7 aromatic rings. The smallest absolute Gasteiger partial charge is 0.231 e. The van der Waals surface area contributed by atoms with E-state index in [9.17, 15) is 0 Å². The first-order valence-electron chi connectivity index (χ1n) is 16.0. The Bertz CT molecular complexity index is 2090. The number of benzene rings is 3. The van der Waals surface area contributed by atoms with Crippen LogP contribution in [0.1, 0.15) is 35.0 Å². The SMILES string of the molecule is CCOc1ccc(/C=N/c2nnc(CSc3n[nH]c(-c4ccc(-c5nc(SCc6nnc(/N=C/c7ccc(OCC)cc7)s6)n[nH]5)cc4)n3)s2)cc1. The number of rotatable bonds is 16. The number of aromatic amines is 2. The van der Waals surface area contributed by atoms with Gasteiger partial charge in [0.15, 0.2) is 11.6 Å². The van der Waals surface area contributed by atoms with Crippen LogP contribution in [-0.2, 0) is 11.5 Å². The van der Waals surface area contributed by atoms with Crippen molar-refractivity contribution in [3.8, 4) is 34.3 Å². The van der Waals surface area contributed by atoms with Crippen LogP contribution in [0, 0.1) is 0 Å². The molecule has 0 radical (unpaired) electrons. The second-order valence-electron chi connectivity index (χ2n) is 10.6. The minimum atomic E-state index is 0.580. The summed E-state index contributed by atoms with van der Waals surface area (Å²) in [4.78, 5) is 18.2. The maximum absolute atomic E-state index is 5.48. The van der Waals surface area contributed by atoms with E-state index in [0.717, 1.165) is 43.8 Å². The predicted octanol–water partition coefficient (Wildman–Crippen LogP) is 7.84. The number of aliphatic imine (C=N–C) groups is 2. The fourth-order valence-corrected chi connectivity index (χ4v) is 7.46. The Morgan fingerprint density at radius 3 is 1.42 bits per heavy atom. The maximum atomic E-state index is 5.48. The summed E-state index contributed by atoms with van der Waals surface area (Å²) in [5.41, 5.74) is 3.71. The van der Waals surface area contributed by atoms with E-state index in [-0.39, 0.29) is 0 Å². The summed E-state index contributed by atoms with van der Waals surface area (Å²) in [5, 5.41) is 35.7. The molecule has 0 fully saturated rings. The van der Waals surface area contributed by atoms with Crippen LogP contribution in [0.4, 0.5) is 10.3 Å². The van der Waals surface area contributed by atoms with Crippen LogP contribution in [0.2, 0.25) is 0 Å². The summed E-state index contributed by atoms with van der Waals surface area (Å²) >= 11 is 5.82. The number of aromatic nitrogens is 10. The molecule has 18 heteroatoms. The molecule has 0 aliphatic carbocycles. The summed E-state index contributed by atoms with van der Waals surface area (Å²) in [6, 6.07) is 23.4. The first kappa shape index (κ1) is 35.1. The minimum Gasteiger partial charge on any atom is -0.494 e. The topological polar surface area (TPSA) is 178 Å². The average molecular weight is 767 g/mol. The molecule has 0 amide bonds. The zero-order valence-corrected chi connectivity index (χ0v) is 31.1. The van der Waals surface area contributed by atoms with Gasteiger partial charge in [-0.3, -0.25) is 10.2 Å². The molecule has 14 nitrogen and oxygen atoms in total. The van der Waals surface area contributed by atoms with Gasteiger partial charge in [0.1, 0.15) is 21.5 Å². The third-order valence-electron chi connectivity index (χ3n) is 6.95. The molecular formula is C34H30N12O2S4. The molecule has 7 rings (SSSR count). The van der Waals surface area contributed by atoms with E-state index in [1.165, 1.54) is 46.2 Å². The van der Waals surface area contributed by atoms with Crippen LogP contribution >= 0.6 is 46.2 Å². The predicted molar refractivity (Wildman–Crippen MR) is 206 cm³/mol. The van der Waals surface area contributed by atoms with Gasteiger partial charge in [0, 0.05) is 23.6 Å². The fourth-order valence-electron chi connectivity index (χ4n) is 4.52. The van der Waals surface area contributed by atoms with Gasteiger partial charge in [0.25, 0.3) is 0 Å². The van der Waals surface area contributed by atoms with E-state index in [1.807, 2.05) is 86.6 Å². The lowest BCUT2D eigenvalue weighted by Gasteiger charge is -2.01. The molecule has 0 saturated carbocycles. The highest BCUT2D eigenvalue weighted by Crippen LogP contribution is 2.29. The standard InChI is InChI=1S/C34H30N12O2S4/c1-3-47-25-13-5-21(6-14-25)17-35-31-43-39-27(51-31)19-49-33-37-29(41-45-33)23-9-11-24(12-10-23)30-38-34(46-42-30)50-20-28-40-44-32(52-28)36-18-22-7-15-26(16-8-22)48-4-2/h5-18H,3-4,19-20H2,1-2H3,(H,37,41,45)(H,38,42,46)/b35-17+,36-18+. The quantitative estimate of drug-likeness (QED) is 0.0720. The molecular weight excluding hydrogens is 737 g/mol. The number of ether oxygens (including phenoxy) is 2. The van der Waals surface area contributed by atoms with E-state index < -0.39 is 0 Å². The Balaban J connectivity index is 0.876. The van der Waals surface area contributed by atoms with Crippen molar-refractivity contribution in [3.63, 3.8) is 0 Å². The lowest BCUT2D eigenvalue weighted by molar-refractivity contribution is 0.340. The first-order chi connectivity index (χ1) is 25.6. The Hall–Kier alpha value is -5.30. The molecule has 0 aliphatic heterocycles. The van der Waals surface area contributed by atoms with Crippen LogP contribution in [0.3, 0.4) is 0 Å². The van der Waals surface area contributed by atoms with Crippen LogP contribution in [0.5, 0.6) is 11.5 Å². The summed E-state index contributed by atoms with van der Waals surface area (Å²) in [5.74, 6) is 4.16. The summed E-state index contributed by atoms with van der Waals surface area (Å²) in [6.07, 6.45) is 3.53. The second kappa shape index (κ2) is 17.3. The van der Waals surface area contributed by atoms with Crippen LogP contribution in [-0.4, -0.2) is 76.4 Å². The summed E-state index contributed by atoms with van der Waals surface area (Å²) in [6.45, 7) is 5.18. The van der Waals surface area contributed by atoms with Crippen molar-refractivity contribution in [1.82, 2.24) is 50.8 Å². The lowest BCUT2D eigenvalue weighted by atomic mass is 10.1. The molecule has 0 bridgehead atoms. The molecule has 3 aromatic carbocycles. The highest BCUT2D eigenvalue weighted by molar-refractivity contribution is 7.98. The Morgan fingerprint density at radius 2 is 1.02 bits per heavy atom. The summed E-state index contributed by atoms with van der Waals surface area (Å²) in [7, 11) is 0. The van der Waals surface area contributed by atoms with Gasteiger partial charge < -0.3 is 9.47 Å². The Morgan fingerprint density at radius 1 is 0.596 bits per heavy atom. The van der Waals surface area contributed by atoms with Crippen molar-refractivity contribution < 1.29 is 9.47 Å². The number of thioether (sulfide) groups is 2. The zero-order valence-electron chi connectivity index (χ0n) is 27.8. The Kier molecular flexibility index (Phi) is 11.7. The van der Waals surface area contributed by atoms with E-state index >= 15 is 0 Å². The average Bonchev–Trinajstić information content (AvgIpc) is 4.01. The molecule has 0 aliphatic rings. The molecule has 0 unspecified atom stereocenters. The van der Waals surface area contributed by atoms with Crippen LogP contribution in [0.25, 0.3) is 22.8 Å². The third kappa shape index (κ3) is 9.52. The summed E-state index contributed by atoms with van der Waals surface area (Å²) < 4.78 is 11.0. The third-order valence-corrected chi connectivity index (χ3v) is 10.7. The molecule has 2 N–H and O–H groups in total. The largest absolute Gasteiger partial charge is 0.494 e. The molecule has 52 heavy (non-hydrogen) atoms. The van der Waals surface area contributed by atoms with Crippen molar-refractivity contribution >= 4 is 68.9 Å². The van der Waals surface area contributed by atoms with Gasteiger partial charge in [-0.15, -0.1) is 30.6 Å². The highest BCUT2D eigenvalue weighted by Gasteiger charge is 2.12. The molecule has 0 spiro atoms. The van der Waals surface area contributed by atoms with Crippen molar-refractivity contribution in [2.24, 2.45) is 9.98 Å². The van der Waals surface area contributed by atoms with Gasteiger partial charge in [0.2, 0.25) is 20.6 Å². The molecule has 262 valence electrons. The maximum Gasteiger partial charge on any atom is 0.231 e. The van der Waals surface area contributed by atoms with Gasteiger partial charge in [-0.2, -0.15) is 0 Å². The number of nitrogens with one attached hydrogen (secondary N) is 2. The van der Waals surface area contributed by atoms with Crippen molar-refractivity contribution in [2.45, 2.75) is 35.7 Å². The lowest BCUT2D eigenvalue weighted by Crippen LogP contribution is -1.91. The second-order valence-corrected chi connectivity index (χ2v) is 14.5. The van der Waals surface area contributed by atoms with Crippen molar-refractivity contribution in [1.29, 1.82) is 0 Å². The zero-order chi connectivity index (χ0) is 35.5. The number of hydrogen-bond donors (Lipinski definition) is 2. The van der Waals surface area contributed by atoms with E-state index in [2.05, 4.69) is 60.7 Å². The van der Waals surface area contributed by atoms with Gasteiger partial charge in [-0.1, -0.05) is 70.5 Å². The van der Waals surface area contributed by atoms with Gasteiger partial charge >= 0.3 is 0 Å². The monoisotopic (exact) mass is 766 g/mol. The van der Waals surface area contributed by atoms with Crippen molar-refractivity contribution in [2.75, 3.05) is 13.2 Å². The minimum absolute atomic E-state index is 0.580. The van der Waals surface area contributed by atoms with Crippen molar-refractivity contribution in [3.05, 3.63) is 93.9 Å². The number of H-pyrrole nitrogens is 2. The van der Waals surface area contributed by atoms with Crippen LogP contribution < -0.4 is 9.47 Å². The van der Waals surface area contributed by atoms with Gasteiger partial charge in [-0.05, 0) is 73.5 Å². The highest BCUT2D eigenvalue weighted by atomic mass is 32.2. The van der Waals surface area contributed by atoms with Gasteiger partial charge in [0.05, 0.1) is 24.7 Å². The molecule has 0 saturated heterocycles. The van der Waals surface area contributed by atoms with E-state index in [4.69, 9.17) is 9.47 Å². The normalized spacial score (nSPS) is 11.6. The van der Waals surface area contributed by atoms with Crippen LogP contribution in [0.15, 0.2) is 93.1 Å². The first-order valence-corrected chi connectivity index (χ1v) is 19.6.